The molecule has 1 aliphatic carbocycles. The molecule has 1 saturated carbocycles. The normalized spacial score (nSPS) is 21.9. The van der Waals surface area contributed by atoms with Gasteiger partial charge in [0.25, 0.3) is 0 Å². The Labute approximate surface area is 82.5 Å². The molecule has 0 aromatic heterocycles. The monoisotopic (exact) mass is 184 g/mol. The molecular formula is C11H24N2. The zero-order chi connectivity index (χ0) is 9.90. The van der Waals surface area contributed by atoms with Gasteiger partial charge in [0.15, 0.2) is 0 Å². The smallest absolute Gasteiger partial charge is 0.0252 e. The summed E-state index contributed by atoms with van der Waals surface area (Å²) < 4.78 is 0. The van der Waals surface area contributed by atoms with Crippen LogP contribution in [0.5, 0.6) is 0 Å². The van der Waals surface area contributed by atoms with Crippen molar-refractivity contribution in [3.63, 3.8) is 0 Å². The van der Waals surface area contributed by atoms with Crippen molar-refractivity contribution < 1.29 is 0 Å². The molecule has 0 radical (unpaired) electrons. The minimum absolute atomic E-state index is 0.0117. The highest BCUT2D eigenvalue weighted by Gasteiger charge is 2.31. The van der Waals surface area contributed by atoms with Gasteiger partial charge in [0.1, 0.15) is 0 Å². The highest BCUT2D eigenvalue weighted by molar-refractivity contribution is 4.90. The second-order valence-electron chi connectivity index (χ2n) is 4.71. The van der Waals surface area contributed by atoms with Crippen LogP contribution in [0.25, 0.3) is 0 Å². The van der Waals surface area contributed by atoms with E-state index in [4.69, 9.17) is 5.73 Å². The second-order valence-corrected chi connectivity index (χ2v) is 4.71. The number of hydrogen-bond acceptors (Lipinski definition) is 2. The van der Waals surface area contributed by atoms with E-state index in [2.05, 4.69) is 25.7 Å². The molecule has 1 aliphatic rings. The highest BCUT2D eigenvalue weighted by atomic mass is 15.2. The molecule has 0 saturated heterocycles. The summed E-state index contributed by atoms with van der Waals surface area (Å²) in [6.07, 6.45) is 5.09. The first-order chi connectivity index (χ1) is 6.09. The molecule has 78 valence electrons. The maximum Gasteiger partial charge on any atom is 0.0252 e. The van der Waals surface area contributed by atoms with Gasteiger partial charge in [-0.15, -0.1) is 0 Å². The van der Waals surface area contributed by atoms with E-state index in [1.807, 2.05) is 0 Å². The fraction of sp³-hybridized carbons (Fsp3) is 1.00. The van der Waals surface area contributed by atoms with Crippen LogP contribution in [0.15, 0.2) is 0 Å². The van der Waals surface area contributed by atoms with Gasteiger partial charge in [-0.3, -0.25) is 4.90 Å². The number of nitrogens with zero attached hydrogens (tertiary/aromatic N) is 1. The molecule has 1 unspecified atom stereocenters. The Morgan fingerprint density at radius 3 is 2.38 bits per heavy atom. The quantitative estimate of drug-likeness (QED) is 0.684. The fourth-order valence-corrected chi connectivity index (χ4v) is 1.69. The summed E-state index contributed by atoms with van der Waals surface area (Å²) >= 11 is 0. The van der Waals surface area contributed by atoms with Gasteiger partial charge in [-0.2, -0.15) is 0 Å². The van der Waals surface area contributed by atoms with Crippen LogP contribution in [0.3, 0.4) is 0 Å². The second kappa shape index (κ2) is 4.43. The van der Waals surface area contributed by atoms with Crippen LogP contribution in [0.2, 0.25) is 0 Å². The van der Waals surface area contributed by atoms with Crippen LogP contribution in [0.4, 0.5) is 0 Å². The lowest BCUT2D eigenvalue weighted by molar-refractivity contribution is 0.204. The zero-order valence-electron chi connectivity index (χ0n) is 9.34. The average Bonchev–Trinajstić information content (AvgIpc) is 2.86. The van der Waals surface area contributed by atoms with E-state index in [9.17, 15) is 0 Å². The maximum atomic E-state index is 6.17. The van der Waals surface area contributed by atoms with Gasteiger partial charge >= 0.3 is 0 Å². The summed E-state index contributed by atoms with van der Waals surface area (Å²) in [5.41, 5.74) is 6.18. The summed E-state index contributed by atoms with van der Waals surface area (Å²) in [4.78, 5) is 2.57. The van der Waals surface area contributed by atoms with Crippen molar-refractivity contribution in [2.45, 2.75) is 58.0 Å². The molecule has 0 aliphatic heterocycles. The van der Waals surface area contributed by atoms with E-state index < -0.39 is 0 Å². The molecule has 2 nitrogen and oxygen atoms in total. The van der Waals surface area contributed by atoms with Gasteiger partial charge in [0, 0.05) is 18.1 Å². The molecule has 13 heavy (non-hydrogen) atoms. The van der Waals surface area contributed by atoms with Crippen molar-refractivity contribution in [1.82, 2.24) is 4.90 Å². The zero-order valence-corrected chi connectivity index (χ0v) is 9.34. The van der Waals surface area contributed by atoms with E-state index in [0.717, 1.165) is 19.0 Å². The molecule has 0 aromatic rings. The van der Waals surface area contributed by atoms with Crippen LogP contribution in [0, 0.1) is 0 Å². The Balaban J connectivity index is 2.36. The average molecular weight is 184 g/mol. The maximum absolute atomic E-state index is 6.17. The predicted molar refractivity (Wildman–Crippen MR) is 57.8 cm³/mol. The molecule has 0 aromatic carbocycles. The largest absolute Gasteiger partial charge is 0.324 e. The van der Waals surface area contributed by atoms with Gasteiger partial charge in [0.05, 0.1) is 0 Å². The van der Waals surface area contributed by atoms with E-state index in [1.54, 1.807) is 0 Å². The predicted octanol–water partition coefficient (Wildman–Crippen LogP) is 1.99. The van der Waals surface area contributed by atoms with Gasteiger partial charge in [0.2, 0.25) is 0 Å². The molecule has 0 heterocycles. The van der Waals surface area contributed by atoms with Crippen molar-refractivity contribution in [1.29, 1.82) is 0 Å². The molecule has 0 spiro atoms. The molecule has 0 amide bonds. The van der Waals surface area contributed by atoms with E-state index in [1.165, 1.54) is 25.8 Å². The molecule has 2 heteroatoms. The van der Waals surface area contributed by atoms with Crippen LogP contribution >= 0.6 is 0 Å². The van der Waals surface area contributed by atoms with E-state index >= 15 is 0 Å². The fourth-order valence-electron chi connectivity index (χ4n) is 1.69. The van der Waals surface area contributed by atoms with Crippen LogP contribution < -0.4 is 5.73 Å². The molecule has 1 atom stereocenters. The Morgan fingerprint density at radius 1 is 1.38 bits per heavy atom. The number of hydrogen-bond donors (Lipinski definition) is 1. The SMILES string of the molecule is CCCN(CC(C)(N)CC)C1CC1. The third kappa shape index (κ3) is 3.65. The highest BCUT2D eigenvalue weighted by Crippen LogP contribution is 2.28. The lowest BCUT2D eigenvalue weighted by Crippen LogP contribution is -2.48. The van der Waals surface area contributed by atoms with Crippen LogP contribution in [-0.4, -0.2) is 29.6 Å². The van der Waals surface area contributed by atoms with E-state index in [-0.39, 0.29) is 5.54 Å². The van der Waals surface area contributed by atoms with Crippen molar-refractivity contribution in [2.24, 2.45) is 5.73 Å². The summed E-state index contributed by atoms with van der Waals surface area (Å²) in [6.45, 7) is 8.88. The minimum atomic E-state index is 0.0117. The molecule has 1 rings (SSSR count). The van der Waals surface area contributed by atoms with Crippen molar-refractivity contribution in [3.05, 3.63) is 0 Å². The molecule has 0 bridgehead atoms. The van der Waals surface area contributed by atoms with E-state index in [0.29, 0.717) is 0 Å². The summed E-state index contributed by atoms with van der Waals surface area (Å²) in [5, 5.41) is 0. The van der Waals surface area contributed by atoms with Crippen molar-refractivity contribution in [3.8, 4) is 0 Å². The lowest BCUT2D eigenvalue weighted by atomic mass is 9.99. The van der Waals surface area contributed by atoms with Gasteiger partial charge in [-0.1, -0.05) is 13.8 Å². The lowest BCUT2D eigenvalue weighted by Gasteiger charge is -2.31. The van der Waals surface area contributed by atoms with Crippen molar-refractivity contribution in [2.75, 3.05) is 13.1 Å². The minimum Gasteiger partial charge on any atom is -0.324 e. The number of nitrogens with two attached hydrogens (primary N) is 1. The topological polar surface area (TPSA) is 29.3 Å². The third-order valence-corrected chi connectivity index (χ3v) is 2.95. The van der Waals surface area contributed by atoms with Gasteiger partial charge in [-0.25, -0.2) is 0 Å². The molecule has 2 N–H and O–H groups in total. The summed E-state index contributed by atoms with van der Waals surface area (Å²) in [6, 6.07) is 0.856. The first-order valence-electron chi connectivity index (χ1n) is 5.62. The van der Waals surface area contributed by atoms with Crippen LogP contribution in [0.1, 0.15) is 46.5 Å². The first kappa shape index (κ1) is 11.0. The third-order valence-electron chi connectivity index (χ3n) is 2.95. The first-order valence-corrected chi connectivity index (χ1v) is 5.62. The van der Waals surface area contributed by atoms with Gasteiger partial charge < -0.3 is 5.73 Å². The summed E-state index contributed by atoms with van der Waals surface area (Å²) in [7, 11) is 0. The Bertz CT molecular complexity index is 150. The molecule has 1 fully saturated rings. The Morgan fingerprint density at radius 2 is 2.00 bits per heavy atom. The standard InChI is InChI=1S/C11H24N2/c1-4-8-13(10-6-7-10)9-11(3,12)5-2/h10H,4-9,12H2,1-3H3. The Hall–Kier alpha value is -0.0800. The van der Waals surface area contributed by atoms with Gasteiger partial charge in [-0.05, 0) is 39.2 Å². The van der Waals surface area contributed by atoms with Crippen molar-refractivity contribution >= 4 is 0 Å². The summed E-state index contributed by atoms with van der Waals surface area (Å²) in [5.74, 6) is 0. The number of rotatable bonds is 6. The Kier molecular flexibility index (Phi) is 3.74. The molecular weight excluding hydrogens is 160 g/mol. The van der Waals surface area contributed by atoms with Crippen LogP contribution in [-0.2, 0) is 0 Å².